The van der Waals surface area contributed by atoms with E-state index in [0.717, 1.165) is 25.7 Å². The molecule has 6 nitrogen and oxygen atoms in total. The molecule has 0 aromatic carbocycles. The first-order valence-corrected chi connectivity index (χ1v) is 5.74. The van der Waals surface area contributed by atoms with Crippen molar-refractivity contribution in [3.63, 3.8) is 0 Å². The van der Waals surface area contributed by atoms with Crippen molar-refractivity contribution >= 4 is 7.82 Å². The minimum absolute atomic E-state index is 0.508. The van der Waals surface area contributed by atoms with E-state index in [1.807, 2.05) is 0 Å². The molecule has 0 bridgehead atoms. The molecule has 0 saturated heterocycles. The molecule has 1 atom stereocenters. The quantitative estimate of drug-likeness (QED) is 0.316. The molecule has 0 aliphatic heterocycles. The molecule has 0 aliphatic carbocycles. The molecule has 0 rings (SSSR count). The van der Waals surface area contributed by atoms with Crippen LogP contribution in [0.1, 0.15) is 32.6 Å². The van der Waals surface area contributed by atoms with Crippen molar-refractivity contribution < 1.29 is 18.7 Å². The minimum Gasteiger partial charge on any atom is -0.301 e. The number of hydrogen-bond acceptors (Lipinski definition) is 5. The normalized spacial score (nSPS) is 15.6. The maximum Gasteiger partial charge on any atom is 0.505 e. The van der Waals surface area contributed by atoms with Crippen molar-refractivity contribution in [2.75, 3.05) is 6.54 Å². The Morgan fingerprint density at radius 3 is 2.69 bits per heavy atom. The highest BCUT2D eigenvalue weighted by Crippen LogP contribution is 2.39. The van der Waals surface area contributed by atoms with Crippen LogP contribution in [0.25, 0.3) is 0 Å². The number of unbranched alkanes of at least 4 members (excludes halogenated alkanes) is 3. The first-order chi connectivity index (χ1) is 6.12. The van der Waals surface area contributed by atoms with Gasteiger partial charge in [0.2, 0.25) is 0 Å². The largest absolute Gasteiger partial charge is 0.505 e. The molecule has 0 aliphatic rings. The van der Waals surface area contributed by atoms with Gasteiger partial charge in [0, 0.05) is 6.54 Å². The van der Waals surface area contributed by atoms with Gasteiger partial charge in [-0.15, -0.1) is 0 Å². The van der Waals surface area contributed by atoms with Gasteiger partial charge >= 0.3 is 7.82 Å². The molecule has 4 N–H and O–H groups in total. The molecule has 0 spiro atoms. The van der Waals surface area contributed by atoms with Crippen LogP contribution in [0.15, 0.2) is 0 Å². The van der Waals surface area contributed by atoms with Crippen LogP contribution >= 0.6 is 7.82 Å². The molecule has 0 aromatic heterocycles. The average molecular weight is 212 g/mol. The zero-order valence-corrected chi connectivity index (χ0v) is 8.63. The van der Waals surface area contributed by atoms with Gasteiger partial charge in [0.15, 0.2) is 0 Å². The maximum atomic E-state index is 10.6. The van der Waals surface area contributed by atoms with E-state index < -0.39 is 7.82 Å². The van der Waals surface area contributed by atoms with Gasteiger partial charge in [-0.05, 0) is 6.42 Å². The van der Waals surface area contributed by atoms with Gasteiger partial charge in [0.05, 0.1) is 0 Å². The van der Waals surface area contributed by atoms with Gasteiger partial charge < -0.3 is 4.89 Å². The standard InChI is InChI=1S/C6H17N2O4P/c1-2-3-4-5-6-8-12-13(9,10)11-7/h8H,2-7H2,1H3,(H,9,10). The van der Waals surface area contributed by atoms with Gasteiger partial charge in [0.1, 0.15) is 0 Å². The number of rotatable bonds is 8. The Morgan fingerprint density at radius 2 is 2.15 bits per heavy atom. The van der Waals surface area contributed by atoms with Gasteiger partial charge in [-0.25, -0.2) is 10.5 Å². The first-order valence-electron chi connectivity index (χ1n) is 4.25. The summed E-state index contributed by atoms with van der Waals surface area (Å²) in [5, 5.41) is 0. The van der Waals surface area contributed by atoms with Crippen molar-refractivity contribution in [2.24, 2.45) is 5.90 Å². The summed E-state index contributed by atoms with van der Waals surface area (Å²) in [5.74, 6) is 4.49. The molecule has 13 heavy (non-hydrogen) atoms. The zero-order valence-electron chi connectivity index (χ0n) is 7.73. The van der Waals surface area contributed by atoms with E-state index >= 15 is 0 Å². The summed E-state index contributed by atoms with van der Waals surface area (Å²) in [4.78, 5) is 8.65. The van der Waals surface area contributed by atoms with Crippen molar-refractivity contribution in [2.45, 2.75) is 32.6 Å². The third-order valence-electron chi connectivity index (χ3n) is 1.45. The van der Waals surface area contributed by atoms with Crippen LogP contribution in [0.3, 0.4) is 0 Å². The monoisotopic (exact) mass is 212 g/mol. The van der Waals surface area contributed by atoms with Crippen LogP contribution in [0.4, 0.5) is 0 Å². The SMILES string of the molecule is CCCCCCNOP(=O)(O)ON. The van der Waals surface area contributed by atoms with Crippen LogP contribution in [0, 0.1) is 0 Å². The fourth-order valence-electron chi connectivity index (χ4n) is 0.773. The Hall–Kier alpha value is 0.0300. The summed E-state index contributed by atoms with van der Waals surface area (Å²) in [7, 11) is -4.06. The van der Waals surface area contributed by atoms with Crippen LogP contribution in [0.5, 0.6) is 0 Å². The predicted octanol–water partition coefficient (Wildman–Crippen LogP) is 1.08. The Kier molecular flexibility index (Phi) is 7.45. The second-order valence-corrected chi connectivity index (χ2v) is 3.95. The van der Waals surface area contributed by atoms with E-state index in [1.54, 1.807) is 0 Å². The number of nitrogens with one attached hydrogen (secondary N) is 1. The topological polar surface area (TPSA) is 93.8 Å². The Balaban J connectivity index is 3.21. The number of hydroxylamine groups is 1. The molecule has 0 saturated carbocycles. The van der Waals surface area contributed by atoms with E-state index in [4.69, 9.17) is 4.89 Å². The zero-order chi connectivity index (χ0) is 10.2. The molecule has 1 unspecified atom stereocenters. The second-order valence-electron chi connectivity index (χ2n) is 2.62. The molecular formula is C6H17N2O4P. The number of nitrogens with two attached hydrogens (primary N) is 1. The summed E-state index contributed by atoms with van der Waals surface area (Å²) < 4.78 is 18.6. The summed E-state index contributed by atoms with van der Waals surface area (Å²) >= 11 is 0. The minimum atomic E-state index is -4.06. The molecule has 0 heterocycles. The fraction of sp³-hybridized carbons (Fsp3) is 1.00. The summed E-state index contributed by atoms with van der Waals surface area (Å²) in [6, 6.07) is 0. The highest BCUT2D eigenvalue weighted by atomic mass is 31.2. The Labute approximate surface area is 77.9 Å². The summed E-state index contributed by atoms with van der Waals surface area (Å²) in [6.07, 6.45) is 4.24. The highest BCUT2D eigenvalue weighted by molar-refractivity contribution is 7.47. The fourth-order valence-corrected chi connectivity index (χ4v) is 1.07. The smallest absolute Gasteiger partial charge is 0.301 e. The third-order valence-corrected chi connectivity index (χ3v) is 2.07. The first kappa shape index (κ1) is 13.0. The number of phosphoric acid groups is 1. The molecule has 80 valence electrons. The van der Waals surface area contributed by atoms with Crippen molar-refractivity contribution in [3.8, 4) is 0 Å². The molecule has 0 fully saturated rings. The van der Waals surface area contributed by atoms with Crippen molar-refractivity contribution in [3.05, 3.63) is 0 Å². The lowest BCUT2D eigenvalue weighted by atomic mass is 10.2. The van der Waals surface area contributed by atoms with E-state index in [-0.39, 0.29) is 0 Å². The number of hydrogen-bond donors (Lipinski definition) is 3. The van der Waals surface area contributed by atoms with Crippen LogP contribution in [-0.4, -0.2) is 11.4 Å². The Bertz CT molecular complexity index is 167. The maximum absolute atomic E-state index is 10.6. The molecular weight excluding hydrogens is 195 g/mol. The van der Waals surface area contributed by atoms with Crippen LogP contribution < -0.4 is 11.4 Å². The lowest BCUT2D eigenvalue weighted by molar-refractivity contribution is 0.0963. The van der Waals surface area contributed by atoms with E-state index in [9.17, 15) is 4.57 Å². The van der Waals surface area contributed by atoms with Crippen LogP contribution in [-0.2, 0) is 13.8 Å². The van der Waals surface area contributed by atoms with E-state index in [2.05, 4.69) is 27.5 Å². The van der Waals surface area contributed by atoms with Crippen LogP contribution in [0.2, 0.25) is 0 Å². The molecule has 0 aromatic rings. The van der Waals surface area contributed by atoms with Gasteiger partial charge in [0.25, 0.3) is 0 Å². The second kappa shape index (κ2) is 7.44. The van der Waals surface area contributed by atoms with Gasteiger partial charge in [-0.2, -0.15) is 14.7 Å². The summed E-state index contributed by atoms with van der Waals surface area (Å²) in [5.41, 5.74) is 2.32. The predicted molar refractivity (Wildman–Crippen MR) is 48.3 cm³/mol. The van der Waals surface area contributed by atoms with Crippen molar-refractivity contribution in [1.82, 2.24) is 5.48 Å². The molecule has 0 radical (unpaired) electrons. The highest BCUT2D eigenvalue weighted by Gasteiger charge is 2.19. The summed E-state index contributed by atoms with van der Waals surface area (Å²) in [6.45, 7) is 2.61. The Morgan fingerprint density at radius 1 is 1.46 bits per heavy atom. The average Bonchev–Trinajstić information content (AvgIpc) is 2.11. The van der Waals surface area contributed by atoms with E-state index in [1.165, 1.54) is 0 Å². The molecule has 7 heteroatoms. The van der Waals surface area contributed by atoms with E-state index in [0.29, 0.717) is 6.54 Å². The van der Waals surface area contributed by atoms with Gasteiger partial charge in [-0.3, -0.25) is 0 Å². The van der Waals surface area contributed by atoms with Crippen molar-refractivity contribution in [1.29, 1.82) is 0 Å². The molecule has 0 amide bonds. The lowest BCUT2D eigenvalue weighted by Crippen LogP contribution is -2.16. The lowest BCUT2D eigenvalue weighted by Gasteiger charge is -2.08. The van der Waals surface area contributed by atoms with Gasteiger partial charge in [-0.1, -0.05) is 26.2 Å². The third kappa shape index (κ3) is 8.36.